The third kappa shape index (κ3) is 4.94. The fourth-order valence-corrected chi connectivity index (χ4v) is 4.34. The second-order valence-electron chi connectivity index (χ2n) is 7.41. The summed E-state index contributed by atoms with van der Waals surface area (Å²) in [5.41, 5.74) is 1.27. The van der Waals surface area contributed by atoms with Gasteiger partial charge < -0.3 is 14.8 Å². The topological polar surface area (TPSA) is 46.6 Å². The Bertz CT molecular complexity index is 1010. The normalized spacial score (nSPS) is 16.0. The number of aromatic nitrogens is 1. The number of benzene rings is 2. The molecule has 2 aliphatic rings. The van der Waals surface area contributed by atoms with Crippen molar-refractivity contribution >= 4 is 57.3 Å². The van der Waals surface area contributed by atoms with Crippen molar-refractivity contribution in [2.75, 3.05) is 25.2 Å². The molecule has 0 atom stereocenters. The van der Waals surface area contributed by atoms with Crippen molar-refractivity contribution < 1.29 is 9.47 Å². The first kappa shape index (κ1) is 22.9. The van der Waals surface area contributed by atoms with Gasteiger partial charge in [-0.25, -0.2) is 4.98 Å². The van der Waals surface area contributed by atoms with E-state index in [1.54, 1.807) is 0 Å². The molecular formula is C22H24BrCl2N3O2. The molecule has 1 N–H and O–H groups in total. The zero-order valence-corrected chi connectivity index (χ0v) is 19.6. The van der Waals surface area contributed by atoms with Crippen molar-refractivity contribution in [1.82, 2.24) is 9.88 Å². The van der Waals surface area contributed by atoms with Crippen LogP contribution in [0, 0.1) is 0 Å². The third-order valence-corrected chi connectivity index (χ3v) is 5.99. The first-order valence-corrected chi connectivity index (χ1v) is 10.5. The number of nitrogens with one attached hydrogen (secondary N) is 1. The van der Waals surface area contributed by atoms with Crippen LogP contribution in [-0.4, -0.2) is 35.8 Å². The van der Waals surface area contributed by atoms with E-state index in [2.05, 4.69) is 67.5 Å². The smallest absolute Gasteiger partial charge is 0.231 e. The van der Waals surface area contributed by atoms with E-state index in [0.717, 1.165) is 54.3 Å². The van der Waals surface area contributed by atoms with Crippen LogP contribution in [0.1, 0.15) is 18.4 Å². The van der Waals surface area contributed by atoms with E-state index in [0.29, 0.717) is 12.8 Å². The van der Waals surface area contributed by atoms with Crippen LogP contribution in [0.25, 0.3) is 10.8 Å². The Morgan fingerprint density at radius 3 is 2.63 bits per heavy atom. The molecule has 2 aromatic carbocycles. The summed E-state index contributed by atoms with van der Waals surface area (Å²) < 4.78 is 12.0. The number of piperidine rings is 1. The van der Waals surface area contributed by atoms with E-state index in [4.69, 9.17) is 9.47 Å². The summed E-state index contributed by atoms with van der Waals surface area (Å²) in [5, 5.41) is 6.05. The lowest BCUT2D eigenvalue weighted by molar-refractivity contribution is 0.173. The Kier molecular flexibility index (Phi) is 7.69. The van der Waals surface area contributed by atoms with Gasteiger partial charge in [0.1, 0.15) is 5.82 Å². The minimum Gasteiger partial charge on any atom is -0.454 e. The Morgan fingerprint density at radius 1 is 1.00 bits per heavy atom. The average molecular weight is 513 g/mol. The van der Waals surface area contributed by atoms with E-state index in [9.17, 15) is 0 Å². The number of anilines is 1. The van der Waals surface area contributed by atoms with Gasteiger partial charge in [-0.1, -0.05) is 28.1 Å². The van der Waals surface area contributed by atoms with Gasteiger partial charge in [0, 0.05) is 41.7 Å². The molecule has 1 fully saturated rings. The second-order valence-corrected chi connectivity index (χ2v) is 8.32. The summed E-state index contributed by atoms with van der Waals surface area (Å²) in [6.45, 7) is 3.42. The summed E-state index contributed by atoms with van der Waals surface area (Å²) >= 11 is 3.57. The fourth-order valence-electron chi connectivity index (χ4n) is 3.98. The molecule has 5 nitrogen and oxygen atoms in total. The number of likely N-dealkylation sites (tertiary alicyclic amines) is 1. The van der Waals surface area contributed by atoms with Crippen LogP contribution in [0.2, 0.25) is 0 Å². The third-order valence-electron chi connectivity index (χ3n) is 5.50. The van der Waals surface area contributed by atoms with Crippen LogP contribution in [0.15, 0.2) is 53.1 Å². The van der Waals surface area contributed by atoms with Gasteiger partial charge in [0.2, 0.25) is 6.79 Å². The predicted molar refractivity (Wildman–Crippen MR) is 128 cm³/mol. The number of pyridine rings is 1. The molecule has 0 bridgehead atoms. The van der Waals surface area contributed by atoms with Gasteiger partial charge in [-0.15, -0.1) is 24.8 Å². The highest BCUT2D eigenvalue weighted by atomic mass is 79.9. The lowest BCUT2D eigenvalue weighted by Crippen LogP contribution is -2.38. The molecule has 3 aromatic rings. The number of rotatable bonds is 4. The Morgan fingerprint density at radius 2 is 1.80 bits per heavy atom. The minimum absolute atomic E-state index is 0. The Hall–Kier alpha value is -1.73. The number of halogens is 3. The average Bonchev–Trinajstić information content (AvgIpc) is 3.18. The van der Waals surface area contributed by atoms with E-state index < -0.39 is 0 Å². The Balaban J connectivity index is 0.00000128. The predicted octanol–water partition coefficient (Wildman–Crippen LogP) is 5.65. The van der Waals surface area contributed by atoms with Gasteiger partial charge in [0.05, 0.1) is 0 Å². The monoisotopic (exact) mass is 511 g/mol. The van der Waals surface area contributed by atoms with Crippen molar-refractivity contribution in [2.45, 2.75) is 25.4 Å². The maximum Gasteiger partial charge on any atom is 0.231 e. The highest BCUT2D eigenvalue weighted by Crippen LogP contribution is 2.33. The van der Waals surface area contributed by atoms with Crippen LogP contribution in [0.5, 0.6) is 11.5 Å². The molecule has 8 heteroatoms. The molecule has 0 aliphatic carbocycles. The Labute approximate surface area is 197 Å². The highest BCUT2D eigenvalue weighted by Gasteiger charge is 2.21. The van der Waals surface area contributed by atoms with Crippen LogP contribution in [-0.2, 0) is 6.54 Å². The van der Waals surface area contributed by atoms with Crippen molar-refractivity contribution in [3.05, 3.63) is 58.7 Å². The standard InChI is InChI=1S/C22H22BrN3O2.2ClH/c23-17-3-2-16-5-8-24-22(19(16)12-17)25-18-6-9-26(10-7-18)13-15-1-4-20-21(11-15)28-14-27-20;;/h1-5,8,11-12,18H,6-7,9-10,13-14H2,(H,24,25);2*1H. The maximum atomic E-state index is 5.49. The molecule has 1 saturated heterocycles. The fraction of sp³-hybridized carbons (Fsp3) is 0.318. The molecular weight excluding hydrogens is 489 g/mol. The maximum absolute atomic E-state index is 5.49. The van der Waals surface area contributed by atoms with Gasteiger partial charge in [0.25, 0.3) is 0 Å². The van der Waals surface area contributed by atoms with E-state index >= 15 is 0 Å². The zero-order valence-electron chi connectivity index (χ0n) is 16.3. The molecule has 1 aromatic heterocycles. The van der Waals surface area contributed by atoms with E-state index in [1.165, 1.54) is 16.3 Å². The quantitative estimate of drug-likeness (QED) is 0.489. The van der Waals surface area contributed by atoms with E-state index in [1.807, 2.05) is 12.3 Å². The second kappa shape index (κ2) is 10.1. The van der Waals surface area contributed by atoms with Crippen molar-refractivity contribution in [2.24, 2.45) is 0 Å². The van der Waals surface area contributed by atoms with Crippen LogP contribution < -0.4 is 14.8 Å². The van der Waals surface area contributed by atoms with Crippen LogP contribution in [0.4, 0.5) is 5.82 Å². The molecule has 0 saturated carbocycles. The number of fused-ring (bicyclic) bond motifs is 2. The highest BCUT2D eigenvalue weighted by molar-refractivity contribution is 9.10. The number of hydrogen-bond acceptors (Lipinski definition) is 5. The summed E-state index contributed by atoms with van der Waals surface area (Å²) in [5.74, 6) is 2.69. The van der Waals surface area contributed by atoms with Gasteiger partial charge in [0.15, 0.2) is 11.5 Å². The van der Waals surface area contributed by atoms with Gasteiger partial charge in [-0.2, -0.15) is 0 Å². The summed E-state index contributed by atoms with van der Waals surface area (Å²) in [6, 6.07) is 15.1. The molecule has 0 spiro atoms. The van der Waals surface area contributed by atoms with Gasteiger partial charge in [-0.3, -0.25) is 4.90 Å². The van der Waals surface area contributed by atoms with Crippen molar-refractivity contribution in [1.29, 1.82) is 0 Å². The van der Waals surface area contributed by atoms with E-state index in [-0.39, 0.29) is 24.8 Å². The van der Waals surface area contributed by atoms with Gasteiger partial charge >= 0.3 is 0 Å². The first-order valence-electron chi connectivity index (χ1n) is 9.66. The summed E-state index contributed by atoms with van der Waals surface area (Å²) in [7, 11) is 0. The largest absolute Gasteiger partial charge is 0.454 e. The molecule has 160 valence electrons. The lowest BCUT2D eigenvalue weighted by Gasteiger charge is -2.32. The molecule has 5 rings (SSSR count). The van der Waals surface area contributed by atoms with Crippen molar-refractivity contribution in [3.8, 4) is 11.5 Å². The SMILES string of the molecule is Brc1ccc2ccnc(NC3CCN(Cc4ccc5c(c4)OCO5)CC3)c2c1.Cl.Cl. The summed E-state index contributed by atoms with van der Waals surface area (Å²) in [6.07, 6.45) is 4.10. The first-order chi connectivity index (χ1) is 13.7. The van der Waals surface area contributed by atoms with Crippen LogP contribution >= 0.6 is 40.7 Å². The molecule has 2 aliphatic heterocycles. The molecule has 0 unspecified atom stereocenters. The molecule has 0 amide bonds. The molecule has 30 heavy (non-hydrogen) atoms. The van der Waals surface area contributed by atoms with Crippen LogP contribution in [0.3, 0.4) is 0 Å². The number of hydrogen-bond donors (Lipinski definition) is 1. The molecule has 0 radical (unpaired) electrons. The van der Waals surface area contributed by atoms with Crippen molar-refractivity contribution in [3.63, 3.8) is 0 Å². The lowest BCUT2D eigenvalue weighted by atomic mass is 10.0. The van der Waals surface area contributed by atoms with Gasteiger partial charge in [-0.05, 0) is 54.1 Å². The minimum atomic E-state index is 0. The number of ether oxygens (including phenoxy) is 2. The molecule has 3 heterocycles. The zero-order chi connectivity index (χ0) is 18.9. The summed E-state index contributed by atoms with van der Waals surface area (Å²) in [4.78, 5) is 7.09. The number of nitrogens with zero attached hydrogens (tertiary/aromatic N) is 2.